The van der Waals surface area contributed by atoms with E-state index in [2.05, 4.69) is 56.2 Å². The molecule has 1 aromatic carbocycles. The second kappa shape index (κ2) is 6.95. The van der Waals surface area contributed by atoms with Gasteiger partial charge in [0.05, 0.1) is 12.0 Å². The highest BCUT2D eigenvalue weighted by atomic mass is 16.5. The van der Waals surface area contributed by atoms with Crippen LogP contribution in [0.1, 0.15) is 39.7 Å². The lowest BCUT2D eigenvalue weighted by Crippen LogP contribution is -2.28. The minimum absolute atomic E-state index is 0.147. The molecular formula is C20H26NO2+. The molecule has 2 rings (SSSR count). The molecule has 0 aliphatic carbocycles. The molecule has 0 aromatic heterocycles. The Morgan fingerprint density at radius 3 is 2.61 bits per heavy atom. The number of allylic oxidation sites excluding steroid dienone is 2. The first-order chi connectivity index (χ1) is 11.0. The summed E-state index contributed by atoms with van der Waals surface area (Å²) in [6, 6.07) is 8.42. The number of hydrogen-bond acceptors (Lipinski definition) is 2. The molecule has 1 aliphatic rings. The molecule has 0 spiro atoms. The maximum Gasteiger partial charge on any atom is 0.334 e. The van der Waals surface area contributed by atoms with Gasteiger partial charge in [0.25, 0.3) is 0 Å². The van der Waals surface area contributed by atoms with Gasteiger partial charge in [0.15, 0.2) is 5.71 Å². The maximum atomic E-state index is 12.2. The highest BCUT2D eigenvalue weighted by Gasteiger charge is 2.44. The Morgan fingerprint density at radius 1 is 1.30 bits per heavy atom. The molecule has 0 atom stereocenters. The topological polar surface area (TPSA) is 29.3 Å². The molecule has 3 heteroatoms. The van der Waals surface area contributed by atoms with Crippen LogP contribution in [0.15, 0.2) is 48.6 Å². The highest BCUT2D eigenvalue weighted by molar-refractivity contribution is 6.07. The van der Waals surface area contributed by atoms with Crippen molar-refractivity contribution >= 4 is 17.4 Å². The second-order valence-electron chi connectivity index (χ2n) is 6.15. The quantitative estimate of drug-likeness (QED) is 0.342. The summed E-state index contributed by atoms with van der Waals surface area (Å²) in [5.41, 5.74) is 4.14. The van der Waals surface area contributed by atoms with Crippen LogP contribution < -0.4 is 0 Å². The average molecular weight is 312 g/mol. The first-order valence-electron chi connectivity index (χ1n) is 8.20. The number of para-hydroxylation sites is 1. The third kappa shape index (κ3) is 3.14. The van der Waals surface area contributed by atoms with Crippen LogP contribution in [0, 0.1) is 0 Å². The Kier molecular flexibility index (Phi) is 5.19. The van der Waals surface area contributed by atoms with E-state index in [9.17, 15) is 4.79 Å². The number of benzene rings is 1. The van der Waals surface area contributed by atoms with Crippen molar-refractivity contribution in [2.24, 2.45) is 0 Å². The van der Waals surface area contributed by atoms with Gasteiger partial charge in [-0.3, -0.25) is 0 Å². The van der Waals surface area contributed by atoms with Crippen LogP contribution in [-0.2, 0) is 14.9 Å². The number of nitrogens with zero attached hydrogens (tertiary/aromatic N) is 1. The maximum absolute atomic E-state index is 12.2. The third-order valence-corrected chi connectivity index (χ3v) is 4.33. The number of carbonyl (C=O) groups excluding carboxylic acids is 1. The summed E-state index contributed by atoms with van der Waals surface area (Å²) in [7, 11) is 0. The van der Waals surface area contributed by atoms with Crippen LogP contribution in [0.5, 0.6) is 0 Å². The van der Waals surface area contributed by atoms with E-state index in [1.54, 1.807) is 6.08 Å². The lowest BCUT2D eigenvalue weighted by Gasteiger charge is -2.16. The number of carbonyl (C=O) groups is 1. The summed E-state index contributed by atoms with van der Waals surface area (Å²) in [6.07, 6.45) is 4.24. The van der Waals surface area contributed by atoms with Gasteiger partial charge in [-0.05, 0) is 34.1 Å². The fourth-order valence-electron chi connectivity index (χ4n) is 3.19. The number of rotatable bonds is 6. The molecule has 23 heavy (non-hydrogen) atoms. The van der Waals surface area contributed by atoms with Gasteiger partial charge in [0, 0.05) is 23.3 Å². The molecule has 0 saturated heterocycles. The third-order valence-electron chi connectivity index (χ3n) is 4.33. The first-order valence-corrected chi connectivity index (χ1v) is 8.20. The van der Waals surface area contributed by atoms with Crippen molar-refractivity contribution in [3.63, 3.8) is 0 Å². The Hall–Kier alpha value is -2.16. The SMILES string of the molecule is C=CC/C(=C/C1=[N+](CC)c2ccccc2C1(C)C)C(=O)OCC. The molecule has 1 aliphatic heterocycles. The summed E-state index contributed by atoms with van der Waals surface area (Å²) in [5, 5.41) is 0. The van der Waals surface area contributed by atoms with Gasteiger partial charge in [-0.1, -0.05) is 24.3 Å². The minimum Gasteiger partial charge on any atom is -0.463 e. The second-order valence-corrected chi connectivity index (χ2v) is 6.15. The molecule has 122 valence electrons. The van der Waals surface area contributed by atoms with E-state index in [4.69, 9.17) is 4.74 Å². The van der Waals surface area contributed by atoms with Crippen molar-refractivity contribution in [3.05, 3.63) is 54.1 Å². The molecule has 0 bridgehead atoms. The highest BCUT2D eigenvalue weighted by Crippen LogP contribution is 2.40. The largest absolute Gasteiger partial charge is 0.463 e. The van der Waals surface area contributed by atoms with Crippen LogP contribution in [0.3, 0.4) is 0 Å². The fourth-order valence-corrected chi connectivity index (χ4v) is 3.19. The van der Waals surface area contributed by atoms with Crippen LogP contribution in [0.4, 0.5) is 5.69 Å². The molecule has 0 unspecified atom stereocenters. The summed E-state index contributed by atoms with van der Waals surface area (Å²) in [6.45, 7) is 13.3. The molecule has 1 aromatic rings. The average Bonchev–Trinajstić information content (AvgIpc) is 2.75. The molecular weight excluding hydrogens is 286 g/mol. The molecule has 3 nitrogen and oxygen atoms in total. The van der Waals surface area contributed by atoms with Crippen molar-refractivity contribution in [1.29, 1.82) is 0 Å². The van der Waals surface area contributed by atoms with Gasteiger partial charge in [-0.15, -0.1) is 6.58 Å². The Bertz CT molecular complexity index is 681. The zero-order valence-electron chi connectivity index (χ0n) is 14.6. The predicted molar refractivity (Wildman–Crippen MR) is 94.5 cm³/mol. The van der Waals surface area contributed by atoms with Crippen LogP contribution in [0.2, 0.25) is 0 Å². The predicted octanol–water partition coefficient (Wildman–Crippen LogP) is 4.15. The zero-order chi connectivity index (χ0) is 17.0. The summed E-state index contributed by atoms with van der Waals surface area (Å²) in [5.74, 6) is -0.261. The normalized spacial score (nSPS) is 16.3. The molecule has 0 saturated carbocycles. The lowest BCUT2D eigenvalue weighted by atomic mass is 9.81. The summed E-state index contributed by atoms with van der Waals surface area (Å²) in [4.78, 5) is 12.2. The summed E-state index contributed by atoms with van der Waals surface area (Å²) >= 11 is 0. The minimum atomic E-state index is -0.261. The van der Waals surface area contributed by atoms with Crippen LogP contribution in [0.25, 0.3) is 0 Å². The van der Waals surface area contributed by atoms with E-state index in [0.717, 1.165) is 12.3 Å². The van der Waals surface area contributed by atoms with E-state index >= 15 is 0 Å². The summed E-state index contributed by atoms with van der Waals surface area (Å²) < 4.78 is 7.47. The van der Waals surface area contributed by atoms with Crippen molar-refractivity contribution < 1.29 is 14.1 Å². The smallest absolute Gasteiger partial charge is 0.334 e. The monoisotopic (exact) mass is 312 g/mol. The van der Waals surface area contributed by atoms with E-state index in [1.165, 1.54) is 11.3 Å². The number of esters is 1. The Labute approximate surface area is 139 Å². The van der Waals surface area contributed by atoms with Gasteiger partial charge in [0.2, 0.25) is 5.69 Å². The van der Waals surface area contributed by atoms with Gasteiger partial charge in [-0.2, -0.15) is 4.58 Å². The van der Waals surface area contributed by atoms with Gasteiger partial charge >= 0.3 is 5.97 Å². The van der Waals surface area contributed by atoms with E-state index < -0.39 is 0 Å². The van der Waals surface area contributed by atoms with E-state index in [-0.39, 0.29) is 11.4 Å². The standard InChI is InChI=1S/C20H26NO2/c1-6-11-15(19(22)23-8-3)14-18-20(4,5)16-12-9-10-13-17(16)21(18)7-2/h6,9-10,12-14H,1,7-8,11H2,2-5H3/q+1/b15-14-. The lowest BCUT2D eigenvalue weighted by molar-refractivity contribution is -0.433. The van der Waals surface area contributed by atoms with Gasteiger partial charge in [0.1, 0.15) is 6.54 Å². The molecule has 0 radical (unpaired) electrons. The number of hydrogen-bond donors (Lipinski definition) is 0. The van der Waals surface area contributed by atoms with Gasteiger partial charge in [-0.25, -0.2) is 4.79 Å². The van der Waals surface area contributed by atoms with Gasteiger partial charge < -0.3 is 4.74 Å². The van der Waals surface area contributed by atoms with Crippen molar-refractivity contribution in [2.75, 3.05) is 13.2 Å². The fraction of sp³-hybridized carbons (Fsp3) is 0.400. The molecule has 0 fully saturated rings. The van der Waals surface area contributed by atoms with Crippen molar-refractivity contribution in [2.45, 2.75) is 39.5 Å². The van der Waals surface area contributed by atoms with Crippen LogP contribution >= 0.6 is 0 Å². The van der Waals surface area contributed by atoms with Crippen molar-refractivity contribution in [3.8, 4) is 0 Å². The molecule has 1 heterocycles. The zero-order valence-corrected chi connectivity index (χ0v) is 14.6. The van der Waals surface area contributed by atoms with Crippen LogP contribution in [-0.4, -0.2) is 29.4 Å². The molecule has 0 N–H and O–H groups in total. The molecule has 0 amide bonds. The Balaban J connectivity index is 2.57. The number of fused-ring (bicyclic) bond motifs is 1. The number of ether oxygens (including phenoxy) is 1. The first kappa shape index (κ1) is 17.2. The van der Waals surface area contributed by atoms with Crippen molar-refractivity contribution in [1.82, 2.24) is 0 Å². The Morgan fingerprint density at radius 2 is 2.00 bits per heavy atom. The van der Waals surface area contributed by atoms with E-state index in [0.29, 0.717) is 18.6 Å². The van der Waals surface area contributed by atoms with E-state index in [1.807, 2.05) is 13.0 Å².